The molecule has 10 heteroatoms. The molecule has 2 aromatic carbocycles. The highest BCUT2D eigenvalue weighted by atomic mass is 19.4. The molecule has 0 saturated heterocycles. The Labute approximate surface area is 241 Å². The number of fused-ring (bicyclic) bond motifs is 2. The highest BCUT2D eigenvalue weighted by Gasteiger charge is 2.35. The number of carbonyl (C=O) groups is 1. The molecule has 7 nitrogen and oxygen atoms in total. The molecule has 0 fully saturated rings. The van der Waals surface area contributed by atoms with Crippen LogP contribution in [0.3, 0.4) is 0 Å². The fourth-order valence-corrected chi connectivity index (χ4v) is 5.46. The second kappa shape index (κ2) is 11.0. The maximum Gasteiger partial charge on any atom is 0.419 e. The number of hydrogen-bond acceptors (Lipinski definition) is 5. The summed E-state index contributed by atoms with van der Waals surface area (Å²) in [4.78, 5) is 17.4. The van der Waals surface area contributed by atoms with Gasteiger partial charge in [0.1, 0.15) is 17.1 Å². The van der Waals surface area contributed by atoms with Crippen LogP contribution < -0.4 is 9.47 Å². The predicted octanol–water partition coefficient (Wildman–Crippen LogP) is 7.35. The highest BCUT2D eigenvalue weighted by molar-refractivity contribution is 5.98. The predicted molar refractivity (Wildman–Crippen MR) is 152 cm³/mol. The summed E-state index contributed by atoms with van der Waals surface area (Å²) in [6, 6.07) is 11.6. The third-order valence-corrected chi connectivity index (χ3v) is 7.21. The van der Waals surface area contributed by atoms with Crippen LogP contribution in [0.25, 0.3) is 22.2 Å². The minimum Gasteiger partial charge on any atom is -0.496 e. The molecular weight excluding hydrogens is 549 g/mol. The summed E-state index contributed by atoms with van der Waals surface area (Å²) in [5, 5.41) is 11.0. The summed E-state index contributed by atoms with van der Waals surface area (Å²) >= 11 is 0. The van der Waals surface area contributed by atoms with Crippen molar-refractivity contribution >= 4 is 17.0 Å². The van der Waals surface area contributed by atoms with E-state index in [0.29, 0.717) is 40.0 Å². The van der Waals surface area contributed by atoms with Crippen molar-refractivity contribution in [2.45, 2.75) is 65.0 Å². The number of alkyl halides is 3. The van der Waals surface area contributed by atoms with Crippen LogP contribution >= 0.6 is 0 Å². The minimum atomic E-state index is -4.58. The van der Waals surface area contributed by atoms with Crippen molar-refractivity contribution in [1.29, 1.82) is 0 Å². The van der Waals surface area contributed by atoms with Gasteiger partial charge >= 0.3 is 12.1 Å². The number of pyridine rings is 1. The van der Waals surface area contributed by atoms with Crippen molar-refractivity contribution in [2.24, 2.45) is 0 Å². The lowest BCUT2D eigenvalue weighted by Crippen LogP contribution is -2.28. The Hall–Kier alpha value is -4.05. The zero-order valence-corrected chi connectivity index (χ0v) is 24.1. The van der Waals surface area contributed by atoms with E-state index in [1.807, 2.05) is 24.3 Å². The van der Waals surface area contributed by atoms with Crippen LogP contribution in [0.2, 0.25) is 0 Å². The van der Waals surface area contributed by atoms with Crippen molar-refractivity contribution in [2.75, 3.05) is 13.7 Å². The number of carboxylic acid groups (broad SMARTS) is 1. The SMILES string of the molecule is COc1ccc(Cn2ccc3c(-c4ccc5c(c4)CCCO5)c(C(OC(C)(C)C)C(=O)O)c(C)nc32)cc1C(F)(F)F. The van der Waals surface area contributed by atoms with Crippen LogP contribution in [0, 0.1) is 6.92 Å². The number of halogens is 3. The van der Waals surface area contributed by atoms with Gasteiger partial charge in [-0.15, -0.1) is 0 Å². The topological polar surface area (TPSA) is 82.8 Å². The van der Waals surface area contributed by atoms with Gasteiger partial charge in [-0.25, -0.2) is 9.78 Å². The smallest absolute Gasteiger partial charge is 0.419 e. The number of aliphatic carboxylic acids is 1. The Kier molecular flexibility index (Phi) is 7.70. The van der Waals surface area contributed by atoms with Crippen LogP contribution in [-0.4, -0.2) is 39.9 Å². The van der Waals surface area contributed by atoms with Gasteiger partial charge in [0, 0.05) is 34.9 Å². The molecule has 4 aromatic rings. The second-order valence-corrected chi connectivity index (χ2v) is 11.4. The van der Waals surface area contributed by atoms with E-state index in [4.69, 9.17) is 19.2 Å². The lowest BCUT2D eigenvalue weighted by Gasteiger charge is -2.28. The Morgan fingerprint density at radius 2 is 1.90 bits per heavy atom. The van der Waals surface area contributed by atoms with Crippen LogP contribution in [-0.2, 0) is 28.7 Å². The Morgan fingerprint density at radius 1 is 1.14 bits per heavy atom. The summed E-state index contributed by atoms with van der Waals surface area (Å²) in [5.41, 5.74) is 2.67. The fraction of sp³-hybridized carbons (Fsp3) is 0.375. The van der Waals surface area contributed by atoms with Crippen molar-refractivity contribution in [3.63, 3.8) is 0 Å². The fourth-order valence-electron chi connectivity index (χ4n) is 5.46. The third kappa shape index (κ3) is 5.81. The van der Waals surface area contributed by atoms with Gasteiger partial charge in [-0.1, -0.05) is 12.1 Å². The van der Waals surface area contributed by atoms with Gasteiger partial charge in [-0.05, 0) is 87.6 Å². The number of benzene rings is 2. The van der Waals surface area contributed by atoms with Crippen LogP contribution in [0.5, 0.6) is 11.5 Å². The Balaban J connectivity index is 1.70. The van der Waals surface area contributed by atoms with Gasteiger partial charge in [0.2, 0.25) is 0 Å². The van der Waals surface area contributed by atoms with Gasteiger partial charge in [-0.2, -0.15) is 13.2 Å². The first-order chi connectivity index (χ1) is 19.8. The van der Waals surface area contributed by atoms with Crippen molar-refractivity contribution in [1.82, 2.24) is 9.55 Å². The molecule has 5 rings (SSSR count). The lowest BCUT2D eigenvalue weighted by atomic mass is 9.90. The van der Waals surface area contributed by atoms with E-state index >= 15 is 0 Å². The lowest BCUT2D eigenvalue weighted by molar-refractivity contribution is -0.160. The van der Waals surface area contributed by atoms with Gasteiger partial charge < -0.3 is 23.9 Å². The van der Waals surface area contributed by atoms with E-state index in [1.54, 1.807) is 44.5 Å². The molecule has 0 radical (unpaired) electrons. The van der Waals surface area contributed by atoms with Crippen LogP contribution in [0.4, 0.5) is 13.2 Å². The molecule has 1 aliphatic heterocycles. The third-order valence-electron chi connectivity index (χ3n) is 7.21. The zero-order chi connectivity index (χ0) is 30.4. The minimum absolute atomic E-state index is 0.112. The first kappa shape index (κ1) is 29.4. The molecule has 1 aliphatic rings. The van der Waals surface area contributed by atoms with E-state index in [-0.39, 0.29) is 12.3 Å². The molecule has 1 unspecified atom stereocenters. The molecule has 3 heterocycles. The molecular formula is C32H33F3N2O5. The second-order valence-electron chi connectivity index (χ2n) is 11.4. The standard InChI is InChI=1S/C32H33F3N2O5/c1-18-26(28(30(38)39)42-31(2,3)4)27(21-9-11-24-20(16-21)7-6-14-41-24)22-12-13-37(29(22)36-18)17-19-8-10-25(40-5)23(15-19)32(33,34)35/h8-13,15-16,28H,6-7,14,17H2,1-5H3,(H,38,39). The number of nitrogens with zero attached hydrogens (tertiary/aromatic N) is 2. The van der Waals surface area contributed by atoms with E-state index in [9.17, 15) is 23.1 Å². The van der Waals surface area contributed by atoms with Crippen molar-refractivity contribution in [3.8, 4) is 22.6 Å². The molecule has 222 valence electrons. The number of rotatable bonds is 7. The molecule has 0 saturated carbocycles. The zero-order valence-electron chi connectivity index (χ0n) is 24.1. The number of aromatic nitrogens is 2. The quantitative estimate of drug-likeness (QED) is 0.245. The monoisotopic (exact) mass is 582 g/mol. The number of carboxylic acids is 1. The molecule has 0 bridgehead atoms. The average molecular weight is 583 g/mol. The normalized spacial score (nSPS) is 14.4. The van der Waals surface area contributed by atoms with Gasteiger partial charge in [0.15, 0.2) is 6.10 Å². The molecule has 0 amide bonds. The van der Waals surface area contributed by atoms with Gasteiger partial charge in [0.25, 0.3) is 0 Å². The largest absolute Gasteiger partial charge is 0.496 e. The summed E-state index contributed by atoms with van der Waals surface area (Å²) in [5.74, 6) is -0.597. The van der Waals surface area contributed by atoms with Crippen LogP contribution in [0.15, 0.2) is 48.7 Å². The van der Waals surface area contributed by atoms with Crippen molar-refractivity contribution in [3.05, 3.63) is 76.6 Å². The number of methoxy groups -OCH3 is 1. The first-order valence-electron chi connectivity index (χ1n) is 13.7. The average Bonchev–Trinajstić information content (AvgIpc) is 3.31. The summed E-state index contributed by atoms with van der Waals surface area (Å²) in [6.45, 7) is 7.86. The van der Waals surface area contributed by atoms with Gasteiger partial charge in [0.05, 0.1) is 24.9 Å². The van der Waals surface area contributed by atoms with E-state index in [1.165, 1.54) is 13.2 Å². The highest BCUT2D eigenvalue weighted by Crippen LogP contribution is 2.42. The van der Waals surface area contributed by atoms with E-state index in [0.717, 1.165) is 35.8 Å². The molecule has 1 atom stereocenters. The van der Waals surface area contributed by atoms with Gasteiger partial charge in [-0.3, -0.25) is 0 Å². The van der Waals surface area contributed by atoms with Crippen LogP contribution in [0.1, 0.15) is 61.2 Å². The summed E-state index contributed by atoms with van der Waals surface area (Å²) in [7, 11) is 1.20. The number of aryl methyl sites for hydroxylation is 2. The number of hydrogen-bond donors (Lipinski definition) is 1. The first-order valence-corrected chi connectivity index (χ1v) is 13.7. The van der Waals surface area contributed by atoms with Crippen molar-refractivity contribution < 1.29 is 37.3 Å². The Morgan fingerprint density at radius 3 is 2.57 bits per heavy atom. The summed E-state index contributed by atoms with van der Waals surface area (Å²) in [6.07, 6.45) is -2.43. The summed E-state index contributed by atoms with van der Waals surface area (Å²) < 4.78 is 59.7. The Bertz CT molecular complexity index is 1650. The van der Waals surface area contributed by atoms with E-state index in [2.05, 4.69) is 0 Å². The molecule has 0 aliphatic carbocycles. The molecule has 1 N–H and O–H groups in total. The number of ether oxygens (including phenoxy) is 3. The molecule has 0 spiro atoms. The molecule has 2 aromatic heterocycles. The maximum absolute atomic E-state index is 13.7. The maximum atomic E-state index is 13.7. The van der Waals surface area contributed by atoms with E-state index < -0.39 is 29.4 Å². The molecule has 42 heavy (non-hydrogen) atoms.